The molecule has 0 aliphatic carbocycles. The summed E-state index contributed by atoms with van der Waals surface area (Å²) in [6, 6.07) is 0. The number of hydrogen-bond donors (Lipinski definition) is 2. The van der Waals surface area contributed by atoms with Gasteiger partial charge in [-0.3, -0.25) is 5.09 Å². The standard InChI is InChI=1S/C20H44N3P/c1-12-19(9,15-23(11)20(10,13-2)14-3)18(7,8)21-16(4)17(5,6)22-24/h21-22H,4,12-15,24H2,1-3,5-11H3. The Kier molecular flexibility index (Phi) is 8.48. The van der Waals surface area contributed by atoms with Crippen LogP contribution in [0.5, 0.6) is 0 Å². The summed E-state index contributed by atoms with van der Waals surface area (Å²) in [7, 11) is 4.88. The quantitative estimate of drug-likeness (QED) is 0.512. The zero-order valence-corrected chi connectivity index (χ0v) is 19.2. The van der Waals surface area contributed by atoms with Gasteiger partial charge in [-0.05, 0) is 60.9 Å². The van der Waals surface area contributed by atoms with E-state index in [0.717, 1.165) is 18.7 Å². The van der Waals surface area contributed by atoms with Crippen LogP contribution >= 0.6 is 9.39 Å². The first-order chi connectivity index (χ1) is 10.7. The molecule has 4 heteroatoms. The number of nitrogens with zero attached hydrogens (tertiary/aromatic N) is 1. The van der Waals surface area contributed by atoms with Crippen molar-refractivity contribution in [2.45, 2.75) is 98.2 Å². The summed E-state index contributed by atoms with van der Waals surface area (Å²) in [5.41, 5.74) is 1.19. The van der Waals surface area contributed by atoms with E-state index < -0.39 is 0 Å². The van der Waals surface area contributed by atoms with Gasteiger partial charge in [0.05, 0.1) is 5.54 Å². The molecule has 0 spiro atoms. The monoisotopic (exact) mass is 357 g/mol. The Bertz CT molecular complexity index is 413. The number of rotatable bonds is 11. The smallest absolute Gasteiger partial charge is 0.0548 e. The van der Waals surface area contributed by atoms with Crippen LogP contribution in [-0.4, -0.2) is 35.1 Å². The zero-order valence-electron chi connectivity index (χ0n) is 18.1. The largest absolute Gasteiger partial charge is 0.382 e. The lowest BCUT2D eigenvalue weighted by Crippen LogP contribution is -2.60. The molecule has 0 bridgehead atoms. The summed E-state index contributed by atoms with van der Waals surface area (Å²) in [6.07, 6.45) is 3.46. The van der Waals surface area contributed by atoms with Crippen LogP contribution in [0.15, 0.2) is 12.3 Å². The van der Waals surface area contributed by atoms with Crippen LogP contribution in [0, 0.1) is 5.41 Å². The highest BCUT2D eigenvalue weighted by molar-refractivity contribution is 7.13. The van der Waals surface area contributed by atoms with Crippen molar-refractivity contribution in [2.75, 3.05) is 13.6 Å². The van der Waals surface area contributed by atoms with Gasteiger partial charge in [-0.1, -0.05) is 43.7 Å². The van der Waals surface area contributed by atoms with Crippen LogP contribution in [-0.2, 0) is 0 Å². The van der Waals surface area contributed by atoms with Gasteiger partial charge < -0.3 is 10.2 Å². The van der Waals surface area contributed by atoms with Crippen molar-refractivity contribution in [1.29, 1.82) is 0 Å². The highest BCUT2D eigenvalue weighted by Gasteiger charge is 2.43. The molecule has 2 atom stereocenters. The lowest BCUT2D eigenvalue weighted by molar-refractivity contribution is 0.0270. The molecule has 0 aliphatic rings. The Morgan fingerprint density at radius 1 is 0.958 bits per heavy atom. The second kappa shape index (κ2) is 8.52. The van der Waals surface area contributed by atoms with E-state index in [9.17, 15) is 0 Å². The van der Waals surface area contributed by atoms with Crippen molar-refractivity contribution in [1.82, 2.24) is 15.3 Å². The van der Waals surface area contributed by atoms with Gasteiger partial charge in [0.1, 0.15) is 0 Å². The molecule has 144 valence electrons. The van der Waals surface area contributed by atoms with Gasteiger partial charge in [-0.25, -0.2) is 0 Å². The molecule has 0 saturated carbocycles. The molecule has 0 saturated heterocycles. The molecule has 0 aromatic carbocycles. The summed E-state index contributed by atoms with van der Waals surface area (Å²) in [5, 5.41) is 7.00. The third-order valence-corrected chi connectivity index (χ3v) is 7.62. The molecule has 0 radical (unpaired) electrons. The third kappa shape index (κ3) is 5.19. The van der Waals surface area contributed by atoms with Gasteiger partial charge in [0, 0.05) is 28.7 Å². The molecule has 2 N–H and O–H groups in total. The van der Waals surface area contributed by atoms with Crippen LogP contribution < -0.4 is 10.4 Å². The first-order valence-corrected chi connectivity index (χ1v) is 9.99. The van der Waals surface area contributed by atoms with E-state index in [1.54, 1.807) is 0 Å². The minimum atomic E-state index is -0.163. The SMILES string of the molecule is C=C(NC(C)(C)C(C)(CC)CN(C)C(C)(CC)CC)C(C)(C)NP. The second-order valence-electron chi connectivity index (χ2n) is 8.97. The van der Waals surface area contributed by atoms with Gasteiger partial charge in [0.2, 0.25) is 0 Å². The molecule has 0 aromatic rings. The van der Waals surface area contributed by atoms with E-state index in [-0.39, 0.29) is 22.0 Å². The van der Waals surface area contributed by atoms with Crippen LogP contribution in [0.25, 0.3) is 0 Å². The van der Waals surface area contributed by atoms with Crippen molar-refractivity contribution in [2.24, 2.45) is 5.41 Å². The van der Waals surface area contributed by atoms with E-state index in [1.165, 1.54) is 12.8 Å². The topological polar surface area (TPSA) is 27.3 Å². The average molecular weight is 358 g/mol. The fraction of sp³-hybridized carbons (Fsp3) is 0.900. The Morgan fingerprint density at radius 2 is 1.42 bits per heavy atom. The Hall–Kier alpha value is -0.110. The van der Waals surface area contributed by atoms with E-state index in [2.05, 4.69) is 101 Å². The van der Waals surface area contributed by atoms with Crippen molar-refractivity contribution in [3.63, 3.8) is 0 Å². The molecular formula is C20H44N3P. The van der Waals surface area contributed by atoms with Crippen LogP contribution in [0.3, 0.4) is 0 Å². The Balaban J connectivity index is 5.43. The maximum absolute atomic E-state index is 4.29. The molecule has 0 aliphatic heterocycles. The van der Waals surface area contributed by atoms with Crippen molar-refractivity contribution < 1.29 is 0 Å². The maximum atomic E-state index is 4.29. The molecule has 3 nitrogen and oxygen atoms in total. The van der Waals surface area contributed by atoms with Gasteiger partial charge in [-0.15, -0.1) is 0 Å². The molecular weight excluding hydrogens is 313 g/mol. The van der Waals surface area contributed by atoms with Gasteiger partial charge in [0.15, 0.2) is 0 Å². The van der Waals surface area contributed by atoms with Crippen molar-refractivity contribution in [3.8, 4) is 0 Å². The molecule has 0 fully saturated rings. The van der Waals surface area contributed by atoms with E-state index in [1.807, 2.05) is 0 Å². The van der Waals surface area contributed by atoms with Crippen molar-refractivity contribution >= 4 is 9.39 Å². The first kappa shape index (κ1) is 23.9. The molecule has 0 heterocycles. The minimum absolute atomic E-state index is 0.0612. The third-order valence-electron chi connectivity index (χ3n) is 6.90. The first-order valence-electron chi connectivity index (χ1n) is 9.41. The highest BCUT2D eigenvalue weighted by Crippen LogP contribution is 2.38. The van der Waals surface area contributed by atoms with Crippen LogP contribution in [0.4, 0.5) is 0 Å². The summed E-state index contributed by atoms with van der Waals surface area (Å²) >= 11 is 0. The normalized spacial score (nSPS) is 16.2. The molecule has 0 amide bonds. The van der Waals surface area contributed by atoms with Gasteiger partial charge >= 0.3 is 0 Å². The molecule has 0 aromatic heterocycles. The summed E-state index contributed by atoms with van der Waals surface area (Å²) in [6.45, 7) is 25.9. The van der Waals surface area contributed by atoms with Gasteiger partial charge in [0.25, 0.3) is 0 Å². The van der Waals surface area contributed by atoms with Gasteiger partial charge in [-0.2, -0.15) is 0 Å². The molecule has 2 unspecified atom stereocenters. The number of nitrogens with one attached hydrogen (secondary N) is 2. The van der Waals surface area contributed by atoms with Crippen molar-refractivity contribution in [3.05, 3.63) is 12.3 Å². The lowest BCUT2D eigenvalue weighted by Gasteiger charge is -2.51. The lowest BCUT2D eigenvalue weighted by atomic mass is 9.69. The Labute approximate surface area is 154 Å². The molecule has 0 rings (SSSR count). The van der Waals surface area contributed by atoms with E-state index >= 15 is 0 Å². The van der Waals surface area contributed by atoms with E-state index in [0.29, 0.717) is 0 Å². The maximum Gasteiger partial charge on any atom is 0.0548 e. The predicted octanol–water partition coefficient (Wildman–Crippen LogP) is 4.95. The van der Waals surface area contributed by atoms with E-state index in [4.69, 9.17) is 0 Å². The fourth-order valence-electron chi connectivity index (χ4n) is 3.03. The Morgan fingerprint density at radius 3 is 1.75 bits per heavy atom. The number of hydrogen-bond acceptors (Lipinski definition) is 3. The fourth-order valence-corrected chi connectivity index (χ4v) is 3.20. The summed E-state index contributed by atoms with van der Waals surface area (Å²) in [5.74, 6) is 0. The highest BCUT2D eigenvalue weighted by atomic mass is 31.0. The summed E-state index contributed by atoms with van der Waals surface area (Å²) < 4.78 is 0. The van der Waals surface area contributed by atoms with Crippen LogP contribution in [0.2, 0.25) is 0 Å². The minimum Gasteiger partial charge on any atom is -0.382 e. The summed E-state index contributed by atoms with van der Waals surface area (Å²) in [4.78, 5) is 2.56. The average Bonchev–Trinajstić information content (AvgIpc) is 2.52. The molecule has 24 heavy (non-hydrogen) atoms. The zero-order chi connectivity index (χ0) is 19.4. The van der Waals surface area contributed by atoms with Crippen LogP contribution in [0.1, 0.15) is 81.6 Å². The second-order valence-corrected chi connectivity index (χ2v) is 9.26. The predicted molar refractivity (Wildman–Crippen MR) is 113 cm³/mol.